The number of aryl methyl sites for hydroxylation is 2. The summed E-state index contributed by atoms with van der Waals surface area (Å²) in [6.07, 6.45) is 5.88. The maximum absolute atomic E-state index is 12.9. The van der Waals surface area contributed by atoms with Gasteiger partial charge in [-0.3, -0.25) is 0 Å². The maximum atomic E-state index is 12.9. The van der Waals surface area contributed by atoms with Crippen molar-refractivity contribution in [1.29, 1.82) is 0 Å². The van der Waals surface area contributed by atoms with Gasteiger partial charge in [0.05, 0.1) is 6.04 Å². The molecule has 2 heterocycles. The van der Waals surface area contributed by atoms with Crippen molar-refractivity contribution in [1.82, 2.24) is 19.8 Å². The minimum atomic E-state index is 0.0200. The molecule has 3 aromatic rings. The van der Waals surface area contributed by atoms with Crippen LogP contribution in [0.25, 0.3) is 0 Å². The number of nitrogens with zero attached hydrogens (tertiary/aromatic N) is 3. The number of nitrogens with one attached hydrogen (secondary N) is 1. The van der Waals surface area contributed by atoms with E-state index in [1.54, 1.807) is 0 Å². The van der Waals surface area contributed by atoms with Gasteiger partial charge in [-0.25, -0.2) is 9.78 Å². The normalized spacial score (nSPS) is 16.2. The lowest BCUT2D eigenvalue weighted by Crippen LogP contribution is -2.39. The number of benzene rings is 2. The van der Waals surface area contributed by atoms with Crippen molar-refractivity contribution in [2.24, 2.45) is 0 Å². The van der Waals surface area contributed by atoms with Crippen LogP contribution in [-0.4, -0.2) is 27.0 Å². The molecule has 0 aliphatic carbocycles. The zero-order valence-electron chi connectivity index (χ0n) is 17.1. The van der Waals surface area contributed by atoms with Gasteiger partial charge in [0, 0.05) is 32.0 Å². The van der Waals surface area contributed by atoms with Crippen LogP contribution in [0.15, 0.2) is 60.9 Å². The molecule has 2 aromatic carbocycles. The van der Waals surface area contributed by atoms with E-state index in [4.69, 9.17) is 0 Å². The predicted molar refractivity (Wildman–Crippen MR) is 115 cm³/mol. The summed E-state index contributed by atoms with van der Waals surface area (Å²) in [4.78, 5) is 19.2. The number of likely N-dealkylation sites (tertiary alicyclic amines) is 1. The molecule has 2 amide bonds. The van der Waals surface area contributed by atoms with Gasteiger partial charge in [-0.15, -0.1) is 0 Å². The third-order valence-electron chi connectivity index (χ3n) is 5.77. The second-order valence-corrected chi connectivity index (χ2v) is 7.79. The zero-order valence-corrected chi connectivity index (χ0v) is 17.1. The van der Waals surface area contributed by atoms with Crippen LogP contribution in [0.4, 0.5) is 4.79 Å². The minimum absolute atomic E-state index is 0.0200. The summed E-state index contributed by atoms with van der Waals surface area (Å²) < 4.78 is 2.12. The Morgan fingerprint density at radius 2 is 1.97 bits per heavy atom. The molecule has 0 saturated carbocycles. The van der Waals surface area contributed by atoms with Gasteiger partial charge in [-0.05, 0) is 48.9 Å². The van der Waals surface area contributed by atoms with Gasteiger partial charge in [-0.2, -0.15) is 0 Å². The standard InChI is InChI=1S/C24H28N4O/c1-18-7-3-4-10-22(18)23-11-6-13-28(23)24(29)26-16-20-8-5-9-21(15-20)17-27-14-12-25-19(27)2/h3-5,7-10,12,14-15,23H,6,11,13,16-17H2,1-2H3,(H,26,29). The van der Waals surface area contributed by atoms with Crippen LogP contribution in [-0.2, 0) is 13.1 Å². The van der Waals surface area contributed by atoms with Crippen LogP contribution in [0.2, 0.25) is 0 Å². The van der Waals surface area contributed by atoms with Crippen molar-refractivity contribution in [3.8, 4) is 0 Å². The van der Waals surface area contributed by atoms with Crippen LogP contribution in [0.5, 0.6) is 0 Å². The topological polar surface area (TPSA) is 50.2 Å². The summed E-state index contributed by atoms with van der Waals surface area (Å²) in [5.41, 5.74) is 4.83. The second kappa shape index (κ2) is 8.52. The quantitative estimate of drug-likeness (QED) is 0.695. The second-order valence-electron chi connectivity index (χ2n) is 7.79. The summed E-state index contributed by atoms with van der Waals surface area (Å²) >= 11 is 0. The Bertz CT molecular complexity index is 994. The summed E-state index contributed by atoms with van der Waals surface area (Å²) in [5.74, 6) is 1.000. The summed E-state index contributed by atoms with van der Waals surface area (Å²) in [6, 6.07) is 17.0. The number of aromatic nitrogens is 2. The molecule has 1 aliphatic rings. The molecular weight excluding hydrogens is 360 g/mol. The van der Waals surface area contributed by atoms with E-state index in [0.717, 1.165) is 37.3 Å². The average Bonchev–Trinajstić information content (AvgIpc) is 3.36. The van der Waals surface area contributed by atoms with E-state index in [0.29, 0.717) is 6.54 Å². The Morgan fingerprint density at radius 1 is 1.14 bits per heavy atom. The van der Waals surface area contributed by atoms with Gasteiger partial charge in [0.15, 0.2) is 0 Å². The van der Waals surface area contributed by atoms with E-state index in [1.807, 2.05) is 24.2 Å². The van der Waals surface area contributed by atoms with E-state index in [2.05, 4.69) is 70.3 Å². The Kier molecular flexibility index (Phi) is 5.65. The average molecular weight is 389 g/mol. The van der Waals surface area contributed by atoms with Crippen LogP contribution < -0.4 is 5.32 Å². The predicted octanol–water partition coefficient (Wildman–Crippen LogP) is 4.59. The van der Waals surface area contributed by atoms with E-state index >= 15 is 0 Å². The first-order chi connectivity index (χ1) is 14.1. The van der Waals surface area contributed by atoms with Crippen molar-refractivity contribution in [3.05, 3.63) is 89.0 Å². The molecule has 5 nitrogen and oxygen atoms in total. The molecular formula is C24H28N4O. The number of carbonyl (C=O) groups is 1. The molecule has 1 aromatic heterocycles. The monoisotopic (exact) mass is 388 g/mol. The van der Waals surface area contributed by atoms with Crippen LogP contribution >= 0.6 is 0 Å². The highest BCUT2D eigenvalue weighted by molar-refractivity contribution is 5.75. The molecule has 5 heteroatoms. The highest BCUT2D eigenvalue weighted by Crippen LogP contribution is 2.33. The van der Waals surface area contributed by atoms with Gasteiger partial charge in [0.25, 0.3) is 0 Å². The van der Waals surface area contributed by atoms with Crippen LogP contribution in [0.3, 0.4) is 0 Å². The number of hydrogen-bond acceptors (Lipinski definition) is 2. The Morgan fingerprint density at radius 3 is 2.76 bits per heavy atom. The van der Waals surface area contributed by atoms with Gasteiger partial charge >= 0.3 is 6.03 Å². The van der Waals surface area contributed by atoms with Crippen molar-refractivity contribution >= 4 is 6.03 Å². The third kappa shape index (κ3) is 4.34. The first-order valence-electron chi connectivity index (χ1n) is 10.3. The molecule has 4 rings (SSSR count). The van der Waals surface area contributed by atoms with Gasteiger partial charge in [0.2, 0.25) is 0 Å². The lowest BCUT2D eigenvalue weighted by atomic mass is 9.99. The van der Waals surface area contributed by atoms with Crippen LogP contribution in [0, 0.1) is 13.8 Å². The fourth-order valence-corrected chi connectivity index (χ4v) is 4.18. The summed E-state index contributed by atoms with van der Waals surface area (Å²) in [5, 5.41) is 3.13. The maximum Gasteiger partial charge on any atom is 0.318 e. The van der Waals surface area contributed by atoms with Crippen molar-refractivity contribution < 1.29 is 4.79 Å². The van der Waals surface area contributed by atoms with Crippen molar-refractivity contribution in [2.75, 3.05) is 6.54 Å². The molecule has 0 spiro atoms. The molecule has 150 valence electrons. The van der Waals surface area contributed by atoms with Crippen molar-refractivity contribution in [3.63, 3.8) is 0 Å². The van der Waals surface area contributed by atoms with Gasteiger partial charge in [-0.1, -0.05) is 48.5 Å². The van der Waals surface area contributed by atoms with E-state index in [1.165, 1.54) is 16.7 Å². The molecule has 0 bridgehead atoms. The molecule has 1 unspecified atom stereocenters. The lowest BCUT2D eigenvalue weighted by Gasteiger charge is -2.26. The Labute approximate surface area is 172 Å². The minimum Gasteiger partial charge on any atom is -0.334 e. The number of hydrogen-bond donors (Lipinski definition) is 1. The molecule has 1 fully saturated rings. The molecule has 1 atom stereocenters. The van der Waals surface area contributed by atoms with E-state index in [9.17, 15) is 4.79 Å². The number of rotatable bonds is 5. The van der Waals surface area contributed by atoms with Gasteiger partial charge in [0.1, 0.15) is 5.82 Å². The fourth-order valence-electron chi connectivity index (χ4n) is 4.18. The zero-order chi connectivity index (χ0) is 20.2. The van der Waals surface area contributed by atoms with Gasteiger partial charge < -0.3 is 14.8 Å². The number of imidazole rings is 1. The highest BCUT2D eigenvalue weighted by atomic mass is 16.2. The third-order valence-corrected chi connectivity index (χ3v) is 5.77. The molecule has 1 saturated heterocycles. The number of carbonyl (C=O) groups excluding carboxylic acids is 1. The Balaban J connectivity index is 1.40. The smallest absolute Gasteiger partial charge is 0.318 e. The van der Waals surface area contributed by atoms with E-state index < -0.39 is 0 Å². The van der Waals surface area contributed by atoms with Crippen molar-refractivity contribution in [2.45, 2.75) is 45.8 Å². The highest BCUT2D eigenvalue weighted by Gasteiger charge is 2.30. The first kappa shape index (κ1) is 19.2. The summed E-state index contributed by atoms with van der Waals surface area (Å²) in [7, 11) is 0. The molecule has 0 radical (unpaired) electrons. The molecule has 29 heavy (non-hydrogen) atoms. The molecule has 1 N–H and O–H groups in total. The van der Waals surface area contributed by atoms with E-state index in [-0.39, 0.29) is 12.1 Å². The molecule has 1 aliphatic heterocycles. The first-order valence-corrected chi connectivity index (χ1v) is 10.3. The largest absolute Gasteiger partial charge is 0.334 e. The number of urea groups is 1. The fraction of sp³-hybridized carbons (Fsp3) is 0.333. The summed E-state index contributed by atoms with van der Waals surface area (Å²) in [6.45, 7) is 6.26. The van der Waals surface area contributed by atoms with Crippen LogP contribution in [0.1, 0.15) is 47.0 Å². The SMILES string of the molecule is Cc1ccccc1C1CCCN1C(=O)NCc1cccc(Cn2ccnc2C)c1. The lowest BCUT2D eigenvalue weighted by molar-refractivity contribution is 0.192. The Hall–Kier alpha value is -3.08. The number of amides is 2.